The summed E-state index contributed by atoms with van der Waals surface area (Å²) in [6.07, 6.45) is 0.515. The molecule has 0 spiro atoms. The summed E-state index contributed by atoms with van der Waals surface area (Å²) in [5.41, 5.74) is 1.14. The van der Waals surface area contributed by atoms with E-state index in [9.17, 15) is 18.4 Å². The largest absolute Gasteiger partial charge is 0.479 e. The van der Waals surface area contributed by atoms with Crippen molar-refractivity contribution in [1.82, 2.24) is 0 Å². The predicted molar refractivity (Wildman–Crippen MR) is 190 cm³/mol. The minimum Gasteiger partial charge on any atom is -0.479 e. The van der Waals surface area contributed by atoms with Crippen molar-refractivity contribution in [3.8, 4) is 34.5 Å². The third kappa shape index (κ3) is 12.0. The Kier molecular flexibility index (Phi) is 15.8. The van der Waals surface area contributed by atoms with E-state index in [2.05, 4.69) is 25.6 Å². The van der Waals surface area contributed by atoms with Crippen LogP contribution in [0.15, 0.2) is 65.1 Å². The number of benzene rings is 4. The van der Waals surface area contributed by atoms with Gasteiger partial charge in [0.2, 0.25) is 11.6 Å². The van der Waals surface area contributed by atoms with E-state index in [0.717, 1.165) is 0 Å². The first-order valence-electron chi connectivity index (χ1n) is 15.0. The molecule has 0 aliphatic carbocycles. The Bertz CT molecular complexity index is 1970. The number of carbonyl (C=O) groups excluding carboxylic acids is 2. The van der Waals surface area contributed by atoms with Gasteiger partial charge in [0.25, 0.3) is 0 Å². The molecule has 0 fully saturated rings. The van der Waals surface area contributed by atoms with Crippen LogP contribution in [-0.4, -0.2) is 38.4 Å². The van der Waals surface area contributed by atoms with Crippen molar-refractivity contribution in [2.75, 3.05) is 26.4 Å². The van der Waals surface area contributed by atoms with Gasteiger partial charge in [-0.15, -0.1) is 0 Å². The summed E-state index contributed by atoms with van der Waals surface area (Å²) in [6.45, 7) is 18.9. The van der Waals surface area contributed by atoms with Gasteiger partial charge in [-0.25, -0.2) is 19.3 Å². The molecule has 0 aromatic heterocycles. The van der Waals surface area contributed by atoms with Crippen LogP contribution in [0.25, 0.3) is 9.69 Å². The van der Waals surface area contributed by atoms with Gasteiger partial charge in [-0.2, -0.15) is 8.78 Å². The minimum atomic E-state index is -0.803. The molecule has 0 bridgehead atoms. The molecule has 0 atom stereocenters. The van der Waals surface area contributed by atoms with Gasteiger partial charge in [-0.05, 0) is 96.4 Å². The number of aryl methyl sites for hydroxylation is 1. The van der Waals surface area contributed by atoms with Crippen LogP contribution in [0.3, 0.4) is 0 Å². The molecule has 4 rings (SSSR count). The van der Waals surface area contributed by atoms with E-state index in [-0.39, 0.29) is 64.1 Å². The fourth-order valence-corrected chi connectivity index (χ4v) is 4.88. The molecular weight excluding hydrogens is 777 g/mol. The number of hydrogen-bond acceptors (Lipinski definition) is 8. The lowest BCUT2D eigenvalue weighted by atomic mass is 10.1. The van der Waals surface area contributed by atoms with Gasteiger partial charge >= 0.3 is 11.9 Å². The number of rotatable bonds is 13. The lowest BCUT2D eigenvalue weighted by Crippen LogP contribution is -2.15. The quantitative estimate of drug-likeness (QED) is 0.0973. The molecule has 0 saturated carbocycles. The zero-order valence-electron chi connectivity index (χ0n) is 27.4. The normalized spacial score (nSPS) is 10.1. The number of halogens is 5. The molecule has 0 radical (unpaired) electrons. The van der Waals surface area contributed by atoms with Crippen LogP contribution in [0.1, 0.15) is 26.3 Å². The van der Waals surface area contributed by atoms with Gasteiger partial charge in [0, 0.05) is 10.0 Å². The SMILES string of the molecule is [C-]#[N+]c1cc(Cl)cc(Oc2c(Br)ccc(OCC(=O)OCC)c2F)c1.[C-]#[N+]c1cc(Cl)cc(Oc2c(CC)ccc(OCC(=O)OCC)c2F)c1. The Morgan fingerprint density at radius 2 is 1.16 bits per heavy atom. The first-order chi connectivity index (χ1) is 24.4. The first kappa shape index (κ1) is 40.4. The number of carbonyl (C=O) groups is 2. The fourth-order valence-electron chi connectivity index (χ4n) is 4.05. The first-order valence-corrected chi connectivity index (χ1v) is 16.6. The van der Waals surface area contributed by atoms with E-state index in [4.69, 9.17) is 64.8 Å². The van der Waals surface area contributed by atoms with Crippen molar-refractivity contribution in [2.24, 2.45) is 0 Å². The zero-order chi connectivity index (χ0) is 37.5. The molecule has 266 valence electrons. The van der Waals surface area contributed by atoms with Gasteiger partial charge < -0.3 is 28.4 Å². The molecule has 4 aromatic rings. The number of ether oxygens (including phenoxy) is 6. The molecular formula is C36H29BrCl2F2N2O8. The minimum absolute atomic E-state index is 0.0351. The average molecular weight is 806 g/mol. The molecule has 0 saturated heterocycles. The molecule has 0 amide bonds. The average Bonchev–Trinajstić information content (AvgIpc) is 3.10. The van der Waals surface area contributed by atoms with Gasteiger partial charge in [0.1, 0.15) is 11.5 Å². The summed E-state index contributed by atoms with van der Waals surface area (Å²) in [5, 5.41) is 0.594. The van der Waals surface area contributed by atoms with E-state index in [1.165, 1.54) is 54.6 Å². The molecule has 15 heteroatoms. The highest BCUT2D eigenvalue weighted by Crippen LogP contribution is 2.39. The summed E-state index contributed by atoms with van der Waals surface area (Å²) in [6, 6.07) is 14.7. The highest BCUT2D eigenvalue weighted by atomic mass is 79.9. The Morgan fingerprint density at radius 3 is 1.61 bits per heavy atom. The molecule has 0 unspecified atom stereocenters. The highest BCUT2D eigenvalue weighted by molar-refractivity contribution is 9.10. The summed E-state index contributed by atoms with van der Waals surface area (Å²) < 4.78 is 60.7. The third-order valence-corrected chi connectivity index (χ3v) is 7.31. The molecule has 4 aromatic carbocycles. The van der Waals surface area contributed by atoms with E-state index in [0.29, 0.717) is 21.5 Å². The molecule has 51 heavy (non-hydrogen) atoms. The molecule has 0 aliphatic rings. The van der Waals surface area contributed by atoms with E-state index >= 15 is 0 Å². The Morgan fingerprint density at radius 1 is 0.706 bits per heavy atom. The maximum atomic E-state index is 14.8. The lowest BCUT2D eigenvalue weighted by Gasteiger charge is -2.15. The van der Waals surface area contributed by atoms with Gasteiger partial charge in [-0.3, -0.25) is 0 Å². The van der Waals surface area contributed by atoms with Crippen LogP contribution in [0.4, 0.5) is 20.2 Å². The van der Waals surface area contributed by atoms with Crippen molar-refractivity contribution < 1.29 is 46.8 Å². The van der Waals surface area contributed by atoms with Crippen molar-refractivity contribution in [1.29, 1.82) is 0 Å². The zero-order valence-corrected chi connectivity index (χ0v) is 30.5. The van der Waals surface area contributed by atoms with Crippen molar-refractivity contribution >= 4 is 62.4 Å². The van der Waals surface area contributed by atoms with E-state index < -0.39 is 36.8 Å². The van der Waals surface area contributed by atoms with Gasteiger partial charge in [0.05, 0.1) is 30.8 Å². The van der Waals surface area contributed by atoms with Crippen molar-refractivity contribution in [3.05, 3.63) is 115 Å². The van der Waals surface area contributed by atoms with Crippen molar-refractivity contribution in [2.45, 2.75) is 27.2 Å². The summed E-state index contributed by atoms with van der Waals surface area (Å²) in [4.78, 5) is 29.3. The number of hydrogen-bond donors (Lipinski definition) is 0. The molecule has 0 heterocycles. The Labute approximate surface area is 311 Å². The number of esters is 2. The Balaban J connectivity index is 0.000000276. The summed E-state index contributed by atoms with van der Waals surface area (Å²) in [7, 11) is 0. The topological polar surface area (TPSA) is 98.2 Å². The second kappa shape index (κ2) is 19.9. The standard InChI is InChI=1S/C19H17ClFNO4.C17H12BrClFNO4/c1-4-12-6-7-16(25-11-17(23)24-5-2)18(21)19(12)26-15-9-13(20)8-14(10-15)22-3;1-3-23-15(22)9-24-14-5-4-13(18)17(16(14)20)25-12-7-10(19)6-11(8-12)21-2/h6-10H,4-5,11H2,1-2H3;4-8H,3,9H2,1H3. The highest BCUT2D eigenvalue weighted by Gasteiger charge is 2.19. The second-order valence-electron chi connectivity index (χ2n) is 9.81. The van der Waals surface area contributed by atoms with Crippen LogP contribution in [0, 0.1) is 24.8 Å². The number of nitrogens with zero attached hydrogens (tertiary/aromatic N) is 2. The van der Waals surface area contributed by atoms with Crippen LogP contribution in [0.5, 0.6) is 34.5 Å². The fraction of sp³-hybridized carbons (Fsp3) is 0.222. The van der Waals surface area contributed by atoms with Gasteiger partial charge in [0.15, 0.2) is 47.6 Å². The Hall–Kier alpha value is -5.08. The molecule has 0 aliphatic heterocycles. The maximum absolute atomic E-state index is 14.8. The van der Waals surface area contributed by atoms with Crippen molar-refractivity contribution in [3.63, 3.8) is 0 Å². The second-order valence-corrected chi connectivity index (χ2v) is 11.5. The smallest absolute Gasteiger partial charge is 0.344 e. The van der Waals surface area contributed by atoms with Crippen LogP contribution >= 0.6 is 39.1 Å². The molecule has 0 N–H and O–H groups in total. The predicted octanol–water partition coefficient (Wildman–Crippen LogP) is 10.9. The lowest BCUT2D eigenvalue weighted by molar-refractivity contribution is -0.146. The summed E-state index contributed by atoms with van der Waals surface area (Å²) >= 11 is 15.1. The third-order valence-electron chi connectivity index (χ3n) is 6.25. The van der Waals surface area contributed by atoms with Gasteiger partial charge in [-0.1, -0.05) is 36.2 Å². The summed E-state index contributed by atoms with van der Waals surface area (Å²) in [5.74, 6) is -2.79. The van der Waals surface area contributed by atoms with Crippen LogP contribution < -0.4 is 18.9 Å². The monoisotopic (exact) mass is 804 g/mol. The van der Waals surface area contributed by atoms with E-state index in [1.807, 2.05) is 6.92 Å². The van der Waals surface area contributed by atoms with Crippen LogP contribution in [-0.2, 0) is 25.5 Å². The maximum Gasteiger partial charge on any atom is 0.344 e. The molecule has 10 nitrogen and oxygen atoms in total. The van der Waals surface area contributed by atoms with E-state index in [1.54, 1.807) is 19.9 Å². The van der Waals surface area contributed by atoms with Crippen LogP contribution in [0.2, 0.25) is 10.0 Å².